The van der Waals surface area contributed by atoms with Gasteiger partial charge in [-0.25, -0.2) is 4.79 Å². The van der Waals surface area contributed by atoms with Gasteiger partial charge >= 0.3 is 23.9 Å². The summed E-state index contributed by atoms with van der Waals surface area (Å²) in [5, 5.41) is 41.8. The largest absolute Gasteiger partial charge is 0.481 e. The third kappa shape index (κ3) is 11.4. The number of aliphatic carboxylic acids is 4. The number of nitrogens with one attached hydrogen (secondary N) is 3. The van der Waals surface area contributed by atoms with Gasteiger partial charge in [0.25, 0.3) is 0 Å². The Morgan fingerprint density at radius 1 is 0.656 bits per heavy atom. The van der Waals surface area contributed by atoms with Crippen LogP contribution in [-0.2, 0) is 33.6 Å². The molecule has 3 amide bonds. The number of carbonyl (C=O) groups is 7. The Morgan fingerprint density at radius 2 is 1.06 bits per heavy atom. The first-order valence-electron chi connectivity index (χ1n) is 9.29. The number of carboxylic acid groups (broad SMARTS) is 4. The van der Waals surface area contributed by atoms with Crippen LogP contribution >= 0.6 is 0 Å². The summed E-state index contributed by atoms with van der Waals surface area (Å²) in [6, 6.07) is -6.01. The van der Waals surface area contributed by atoms with Gasteiger partial charge < -0.3 is 42.1 Å². The number of carboxylic acids is 4. The maximum Gasteiger partial charge on any atom is 0.326 e. The average Bonchev–Trinajstić information content (AvgIpc) is 2.66. The molecule has 15 heteroatoms. The monoisotopic (exact) mass is 462 g/mol. The number of rotatable bonds is 15. The summed E-state index contributed by atoms with van der Waals surface area (Å²) < 4.78 is 0. The molecule has 0 saturated carbocycles. The molecular weight excluding hydrogens is 436 g/mol. The molecule has 0 aliphatic heterocycles. The molecule has 0 aromatic rings. The van der Waals surface area contributed by atoms with Crippen molar-refractivity contribution in [1.29, 1.82) is 0 Å². The van der Waals surface area contributed by atoms with E-state index >= 15 is 0 Å². The van der Waals surface area contributed by atoms with E-state index in [4.69, 9.17) is 26.2 Å². The van der Waals surface area contributed by atoms with Gasteiger partial charge in [0.1, 0.15) is 18.1 Å². The molecule has 0 heterocycles. The standard InChI is InChI=1S/C17H26N4O11/c1-7(18)14(28)21-10(6-13(26)27)16(30)19-8(2-4-11(22)23)15(29)20-9(17(31)32)3-5-12(24)25/h7-10H,2-6,18H2,1H3,(H,19,30)(H,20,29)(H,21,28)(H,22,23)(H,24,25)(H,26,27)(H,31,32). The van der Waals surface area contributed by atoms with E-state index in [9.17, 15) is 33.6 Å². The smallest absolute Gasteiger partial charge is 0.326 e. The summed E-state index contributed by atoms with van der Waals surface area (Å²) in [5.41, 5.74) is 5.36. The number of hydrogen-bond acceptors (Lipinski definition) is 8. The van der Waals surface area contributed by atoms with Crippen molar-refractivity contribution in [2.24, 2.45) is 5.73 Å². The number of hydrogen-bond donors (Lipinski definition) is 8. The van der Waals surface area contributed by atoms with E-state index in [1.165, 1.54) is 6.92 Å². The van der Waals surface area contributed by atoms with Crippen LogP contribution in [0.2, 0.25) is 0 Å². The van der Waals surface area contributed by atoms with Crippen molar-refractivity contribution >= 4 is 41.6 Å². The first-order valence-corrected chi connectivity index (χ1v) is 9.29. The van der Waals surface area contributed by atoms with Gasteiger partial charge in [-0.05, 0) is 19.8 Å². The average molecular weight is 462 g/mol. The third-order valence-electron chi connectivity index (χ3n) is 3.97. The Morgan fingerprint density at radius 3 is 1.47 bits per heavy atom. The van der Waals surface area contributed by atoms with Crippen molar-refractivity contribution in [3.63, 3.8) is 0 Å². The summed E-state index contributed by atoms with van der Waals surface area (Å²) in [7, 11) is 0. The maximum atomic E-state index is 12.5. The van der Waals surface area contributed by atoms with Gasteiger partial charge in [0.2, 0.25) is 17.7 Å². The lowest BCUT2D eigenvalue weighted by Gasteiger charge is -2.24. The Bertz CT molecular complexity index is 753. The second-order valence-electron chi connectivity index (χ2n) is 6.77. The molecule has 0 saturated heterocycles. The maximum absolute atomic E-state index is 12.5. The molecule has 0 bridgehead atoms. The van der Waals surface area contributed by atoms with Crippen LogP contribution in [0.15, 0.2) is 0 Å². The predicted octanol–water partition coefficient (Wildman–Crippen LogP) is -2.92. The molecule has 4 unspecified atom stereocenters. The zero-order chi connectivity index (χ0) is 25.0. The van der Waals surface area contributed by atoms with Crippen molar-refractivity contribution < 1.29 is 54.0 Å². The number of carbonyl (C=O) groups excluding carboxylic acids is 3. The summed E-state index contributed by atoms with van der Waals surface area (Å²) in [6.45, 7) is 1.28. The minimum absolute atomic E-state index is 0.484. The molecule has 0 radical (unpaired) electrons. The quantitative estimate of drug-likeness (QED) is 0.122. The van der Waals surface area contributed by atoms with Crippen LogP contribution < -0.4 is 21.7 Å². The Kier molecular flexibility index (Phi) is 11.9. The molecule has 0 aromatic carbocycles. The highest BCUT2D eigenvalue weighted by Crippen LogP contribution is 2.05. The lowest BCUT2D eigenvalue weighted by molar-refractivity contribution is -0.144. The highest BCUT2D eigenvalue weighted by Gasteiger charge is 2.31. The van der Waals surface area contributed by atoms with Crippen LogP contribution in [0.5, 0.6) is 0 Å². The zero-order valence-corrected chi connectivity index (χ0v) is 17.1. The Balaban J connectivity index is 5.52. The summed E-state index contributed by atoms with van der Waals surface area (Å²) >= 11 is 0. The lowest BCUT2D eigenvalue weighted by Crippen LogP contribution is -2.57. The van der Waals surface area contributed by atoms with Crippen molar-refractivity contribution in [2.75, 3.05) is 0 Å². The van der Waals surface area contributed by atoms with Crippen LogP contribution in [-0.4, -0.2) is 86.2 Å². The first-order chi connectivity index (χ1) is 14.7. The van der Waals surface area contributed by atoms with Gasteiger partial charge in [-0.15, -0.1) is 0 Å². The molecule has 0 aliphatic carbocycles. The van der Waals surface area contributed by atoms with Gasteiger partial charge in [-0.2, -0.15) is 0 Å². The van der Waals surface area contributed by atoms with E-state index in [0.717, 1.165) is 0 Å². The summed E-state index contributed by atoms with van der Waals surface area (Å²) in [6.07, 6.45) is -3.08. The van der Waals surface area contributed by atoms with Gasteiger partial charge in [0.05, 0.1) is 12.5 Å². The molecule has 9 N–H and O–H groups in total. The highest BCUT2D eigenvalue weighted by atomic mass is 16.4. The molecule has 180 valence electrons. The van der Waals surface area contributed by atoms with E-state index < -0.39 is 97.9 Å². The van der Waals surface area contributed by atoms with Crippen LogP contribution in [0.4, 0.5) is 0 Å². The Labute approximate surface area is 181 Å². The van der Waals surface area contributed by atoms with E-state index in [2.05, 4.69) is 10.6 Å². The molecule has 32 heavy (non-hydrogen) atoms. The van der Waals surface area contributed by atoms with Crippen molar-refractivity contribution in [2.45, 2.75) is 63.2 Å². The van der Waals surface area contributed by atoms with Gasteiger partial charge in [0.15, 0.2) is 0 Å². The fourth-order valence-corrected chi connectivity index (χ4v) is 2.29. The molecule has 0 fully saturated rings. The number of nitrogens with two attached hydrogens (primary N) is 1. The van der Waals surface area contributed by atoms with E-state index in [1.54, 1.807) is 0 Å². The normalized spacial score (nSPS) is 14.2. The van der Waals surface area contributed by atoms with Crippen molar-refractivity contribution in [1.82, 2.24) is 16.0 Å². The molecular formula is C17H26N4O11. The molecule has 15 nitrogen and oxygen atoms in total. The van der Waals surface area contributed by atoms with E-state index in [0.29, 0.717) is 0 Å². The van der Waals surface area contributed by atoms with Crippen LogP contribution in [0, 0.1) is 0 Å². The molecule has 0 rings (SSSR count). The predicted molar refractivity (Wildman–Crippen MR) is 103 cm³/mol. The fourth-order valence-electron chi connectivity index (χ4n) is 2.29. The summed E-state index contributed by atoms with van der Waals surface area (Å²) in [4.78, 5) is 80.5. The second kappa shape index (κ2) is 13.5. The van der Waals surface area contributed by atoms with Crippen molar-refractivity contribution in [3.8, 4) is 0 Å². The molecule has 0 spiro atoms. The number of amides is 3. The third-order valence-corrected chi connectivity index (χ3v) is 3.97. The second-order valence-corrected chi connectivity index (χ2v) is 6.77. The van der Waals surface area contributed by atoms with Crippen LogP contribution in [0.25, 0.3) is 0 Å². The Hall–Kier alpha value is -3.75. The fraction of sp³-hybridized carbons (Fsp3) is 0.588. The topological polar surface area (TPSA) is 263 Å². The minimum Gasteiger partial charge on any atom is -0.481 e. The first kappa shape index (κ1) is 28.2. The van der Waals surface area contributed by atoms with Crippen LogP contribution in [0.1, 0.15) is 39.0 Å². The van der Waals surface area contributed by atoms with Crippen molar-refractivity contribution in [3.05, 3.63) is 0 Å². The molecule has 0 aliphatic rings. The lowest BCUT2D eigenvalue weighted by atomic mass is 10.1. The highest BCUT2D eigenvalue weighted by molar-refractivity contribution is 5.95. The molecule has 0 aromatic heterocycles. The zero-order valence-electron chi connectivity index (χ0n) is 17.1. The molecule has 4 atom stereocenters. The van der Waals surface area contributed by atoms with Gasteiger partial charge in [-0.1, -0.05) is 0 Å². The van der Waals surface area contributed by atoms with Gasteiger partial charge in [-0.3, -0.25) is 28.8 Å². The summed E-state index contributed by atoms with van der Waals surface area (Å²) in [5.74, 6) is -8.84. The van der Waals surface area contributed by atoms with E-state index in [-0.39, 0.29) is 0 Å². The SMILES string of the molecule is CC(N)C(=O)NC(CC(=O)O)C(=O)NC(CCC(=O)O)C(=O)NC(CCC(=O)O)C(=O)O. The van der Waals surface area contributed by atoms with Crippen LogP contribution in [0.3, 0.4) is 0 Å². The minimum atomic E-state index is -1.66. The van der Waals surface area contributed by atoms with E-state index in [1.807, 2.05) is 5.32 Å². The van der Waals surface area contributed by atoms with Gasteiger partial charge in [0, 0.05) is 12.8 Å².